The SMILES string of the molecule is Cc1[nH]nc(-c2nc(N[C@H]3CC[C@H](N(C(=O)OCC4(F)CC4)c4cnc(-c5ccn(C)c(=O)c5)cn4)CC3)ncc2C(F)(F)F)c1Cl. The summed E-state index contributed by atoms with van der Waals surface area (Å²) in [5.41, 5.74) is -2.02. The second-order valence-corrected chi connectivity index (χ2v) is 12.2. The van der Waals surface area contributed by atoms with Crippen LogP contribution in [0.25, 0.3) is 22.6 Å². The molecule has 17 heteroatoms. The molecular formula is C30H30ClF4N9O3. The summed E-state index contributed by atoms with van der Waals surface area (Å²) in [7, 11) is 1.63. The van der Waals surface area contributed by atoms with Gasteiger partial charge in [0.25, 0.3) is 5.56 Å². The van der Waals surface area contributed by atoms with Gasteiger partial charge < -0.3 is 14.6 Å². The lowest BCUT2D eigenvalue weighted by atomic mass is 9.90. The van der Waals surface area contributed by atoms with E-state index in [4.69, 9.17) is 16.3 Å². The number of carbonyl (C=O) groups excluding carboxylic acids is 1. The monoisotopic (exact) mass is 675 g/mol. The van der Waals surface area contributed by atoms with Gasteiger partial charge in [-0.25, -0.2) is 24.1 Å². The smallest absolute Gasteiger partial charge is 0.420 e. The van der Waals surface area contributed by atoms with Crippen LogP contribution in [0.3, 0.4) is 0 Å². The van der Waals surface area contributed by atoms with Crippen molar-refractivity contribution < 1.29 is 27.1 Å². The van der Waals surface area contributed by atoms with Crippen LogP contribution >= 0.6 is 11.6 Å². The number of nitrogens with zero attached hydrogens (tertiary/aromatic N) is 7. The van der Waals surface area contributed by atoms with E-state index in [1.54, 1.807) is 26.2 Å². The number of halogens is 5. The maximum Gasteiger partial charge on any atom is 0.420 e. The Morgan fingerprint density at radius 3 is 2.49 bits per heavy atom. The van der Waals surface area contributed by atoms with Gasteiger partial charge in [0.05, 0.1) is 28.8 Å². The van der Waals surface area contributed by atoms with Crippen molar-refractivity contribution in [1.29, 1.82) is 0 Å². The number of alkyl halides is 4. The van der Waals surface area contributed by atoms with Crippen LogP contribution in [-0.2, 0) is 18.0 Å². The van der Waals surface area contributed by atoms with Crippen LogP contribution in [0.5, 0.6) is 0 Å². The van der Waals surface area contributed by atoms with Crippen molar-refractivity contribution >= 4 is 29.5 Å². The zero-order chi connectivity index (χ0) is 33.5. The van der Waals surface area contributed by atoms with Crippen LogP contribution in [-0.4, -0.2) is 65.2 Å². The van der Waals surface area contributed by atoms with Gasteiger partial charge in [0.1, 0.15) is 29.2 Å². The first-order chi connectivity index (χ1) is 22.3. The summed E-state index contributed by atoms with van der Waals surface area (Å²) in [6, 6.07) is 2.51. The number of carbonyl (C=O) groups is 1. The van der Waals surface area contributed by atoms with E-state index in [1.165, 1.54) is 27.9 Å². The molecule has 0 bridgehead atoms. The normalized spacial score (nSPS) is 18.9. The van der Waals surface area contributed by atoms with E-state index in [0.717, 1.165) is 0 Å². The molecule has 6 rings (SSSR count). The summed E-state index contributed by atoms with van der Waals surface area (Å²) in [5, 5.41) is 9.61. The van der Waals surface area contributed by atoms with Crippen LogP contribution in [0.2, 0.25) is 5.02 Å². The molecule has 2 saturated carbocycles. The molecule has 248 valence electrons. The van der Waals surface area contributed by atoms with Crippen LogP contribution in [0.15, 0.2) is 41.7 Å². The molecule has 2 aliphatic carbocycles. The molecule has 0 aromatic carbocycles. The van der Waals surface area contributed by atoms with Gasteiger partial charge in [0, 0.05) is 43.2 Å². The van der Waals surface area contributed by atoms with Gasteiger partial charge in [-0.05, 0) is 51.5 Å². The summed E-state index contributed by atoms with van der Waals surface area (Å²) in [6.45, 7) is 1.21. The highest BCUT2D eigenvalue weighted by Gasteiger charge is 2.45. The first kappa shape index (κ1) is 32.3. The lowest BCUT2D eigenvalue weighted by molar-refractivity contribution is -0.137. The molecule has 2 fully saturated rings. The highest BCUT2D eigenvalue weighted by atomic mass is 35.5. The second kappa shape index (κ2) is 12.5. The van der Waals surface area contributed by atoms with E-state index in [2.05, 4.69) is 35.5 Å². The van der Waals surface area contributed by atoms with E-state index in [9.17, 15) is 27.2 Å². The summed E-state index contributed by atoms with van der Waals surface area (Å²) in [6.07, 6.45) is 2.17. The van der Waals surface area contributed by atoms with Gasteiger partial charge in [0.15, 0.2) is 5.82 Å². The maximum absolute atomic E-state index is 14.3. The molecule has 47 heavy (non-hydrogen) atoms. The second-order valence-electron chi connectivity index (χ2n) is 11.8. The largest absolute Gasteiger partial charge is 0.446 e. The van der Waals surface area contributed by atoms with Crippen molar-refractivity contribution in [2.45, 2.75) is 69.4 Å². The molecular weight excluding hydrogens is 646 g/mol. The quantitative estimate of drug-likeness (QED) is 0.219. The number of aromatic nitrogens is 7. The zero-order valence-electron chi connectivity index (χ0n) is 25.3. The van der Waals surface area contributed by atoms with Gasteiger partial charge in [-0.15, -0.1) is 0 Å². The molecule has 12 nitrogen and oxygen atoms in total. The Hall–Kier alpha value is -4.60. The maximum atomic E-state index is 14.3. The van der Waals surface area contributed by atoms with E-state index >= 15 is 0 Å². The average molecular weight is 676 g/mol. The van der Waals surface area contributed by atoms with Gasteiger partial charge in [-0.3, -0.25) is 19.8 Å². The van der Waals surface area contributed by atoms with E-state index in [0.29, 0.717) is 61.7 Å². The molecule has 0 aliphatic heterocycles. The highest BCUT2D eigenvalue weighted by molar-refractivity contribution is 6.33. The van der Waals surface area contributed by atoms with Gasteiger partial charge >= 0.3 is 12.3 Å². The minimum Gasteiger partial charge on any atom is -0.446 e. The third kappa shape index (κ3) is 7.06. The molecule has 0 spiro atoms. The summed E-state index contributed by atoms with van der Waals surface area (Å²) in [4.78, 5) is 43.7. The fourth-order valence-corrected chi connectivity index (χ4v) is 5.52. The third-order valence-corrected chi connectivity index (χ3v) is 8.78. The predicted molar refractivity (Wildman–Crippen MR) is 164 cm³/mol. The van der Waals surface area contributed by atoms with Crippen molar-refractivity contribution in [1.82, 2.24) is 34.7 Å². The number of anilines is 2. The lowest BCUT2D eigenvalue weighted by Gasteiger charge is -2.35. The summed E-state index contributed by atoms with van der Waals surface area (Å²) in [5.74, 6) is 0.170. The zero-order valence-corrected chi connectivity index (χ0v) is 26.1. The molecule has 0 saturated heterocycles. The van der Waals surface area contributed by atoms with Crippen molar-refractivity contribution in [2.75, 3.05) is 16.8 Å². The number of aryl methyl sites for hydroxylation is 2. The van der Waals surface area contributed by atoms with Crippen molar-refractivity contribution in [3.8, 4) is 22.6 Å². The van der Waals surface area contributed by atoms with Crippen LogP contribution in [0, 0.1) is 6.92 Å². The number of hydrogen-bond donors (Lipinski definition) is 2. The topological polar surface area (TPSA) is 144 Å². The third-order valence-electron chi connectivity index (χ3n) is 8.31. The molecule has 0 unspecified atom stereocenters. The Morgan fingerprint density at radius 2 is 1.89 bits per heavy atom. The first-order valence-electron chi connectivity index (χ1n) is 14.9. The number of H-pyrrole nitrogens is 1. The lowest BCUT2D eigenvalue weighted by Crippen LogP contribution is -2.45. The van der Waals surface area contributed by atoms with Crippen molar-refractivity contribution in [3.05, 3.63) is 63.6 Å². The Labute approximate surface area is 270 Å². The van der Waals surface area contributed by atoms with Gasteiger partial charge in [-0.2, -0.15) is 18.3 Å². The van der Waals surface area contributed by atoms with Crippen LogP contribution in [0.4, 0.5) is 34.1 Å². The number of pyridine rings is 1. The minimum atomic E-state index is -4.74. The standard InChI is InChI=1S/C30H30ClF4N9O3/c1-16-24(31)26(42-41-16)25-20(30(33,34)35)12-38-27(40-25)39-18-3-5-19(6-4-18)44(28(46)47-15-29(32)8-9-29)22-14-36-21(13-37-22)17-7-10-43(2)23(45)11-17/h7,10-14,18-19H,3-6,8-9,15H2,1-2H3,(H,41,42)(H,38,39,40)/t18-,19-. The number of amides is 1. The predicted octanol–water partition coefficient (Wildman–Crippen LogP) is 5.87. The van der Waals surface area contributed by atoms with Crippen LogP contribution in [0.1, 0.15) is 49.8 Å². The fourth-order valence-electron chi connectivity index (χ4n) is 5.35. The van der Waals surface area contributed by atoms with E-state index in [1.807, 2.05) is 0 Å². The van der Waals surface area contributed by atoms with Gasteiger partial charge in [0.2, 0.25) is 5.95 Å². The Kier molecular flexibility index (Phi) is 8.63. The fraction of sp³-hybridized carbons (Fsp3) is 0.433. The Balaban J connectivity index is 1.19. The molecule has 2 N–H and O–H groups in total. The van der Waals surface area contributed by atoms with Crippen molar-refractivity contribution in [3.63, 3.8) is 0 Å². The molecule has 2 aliphatic rings. The number of aromatic amines is 1. The number of rotatable bonds is 8. The van der Waals surface area contributed by atoms with E-state index in [-0.39, 0.29) is 40.7 Å². The minimum absolute atomic E-state index is 0.0251. The molecule has 4 aromatic rings. The first-order valence-corrected chi connectivity index (χ1v) is 15.2. The molecule has 0 atom stereocenters. The van der Waals surface area contributed by atoms with Crippen molar-refractivity contribution in [2.24, 2.45) is 7.05 Å². The number of nitrogens with one attached hydrogen (secondary N) is 2. The van der Waals surface area contributed by atoms with Gasteiger partial charge in [-0.1, -0.05) is 11.6 Å². The number of hydrogen-bond acceptors (Lipinski definition) is 9. The average Bonchev–Trinajstić information content (AvgIpc) is 3.69. The number of ether oxygens (including phenoxy) is 1. The summed E-state index contributed by atoms with van der Waals surface area (Å²) < 4.78 is 62.5. The van der Waals surface area contributed by atoms with E-state index < -0.39 is 35.2 Å². The highest BCUT2D eigenvalue weighted by Crippen LogP contribution is 2.41. The summed E-state index contributed by atoms with van der Waals surface area (Å²) >= 11 is 6.21. The molecule has 0 radical (unpaired) electrons. The molecule has 4 heterocycles. The van der Waals surface area contributed by atoms with Crippen LogP contribution < -0.4 is 15.8 Å². The molecule has 1 amide bonds. The Bertz CT molecular complexity index is 1840. The Morgan fingerprint density at radius 1 is 1.15 bits per heavy atom. The molecule has 4 aromatic heterocycles.